The molecule has 0 amide bonds. The van der Waals surface area contributed by atoms with E-state index in [1.165, 1.54) is 44.1 Å². The first-order valence-corrected chi connectivity index (χ1v) is 7.84. The van der Waals surface area contributed by atoms with Gasteiger partial charge >= 0.3 is 0 Å². The van der Waals surface area contributed by atoms with E-state index in [4.69, 9.17) is 0 Å². The topological polar surface area (TPSA) is 24.4 Å². The highest BCUT2D eigenvalue weighted by atomic mass is 15.0. The van der Waals surface area contributed by atoms with Crippen LogP contribution >= 0.6 is 0 Å². The first-order chi connectivity index (χ1) is 9.12. The lowest BCUT2D eigenvalue weighted by atomic mass is 9.53. The molecule has 4 fully saturated rings. The molecule has 4 saturated carbocycles. The Balaban J connectivity index is 1.54. The fourth-order valence-corrected chi connectivity index (χ4v) is 5.35. The van der Waals surface area contributed by atoms with Gasteiger partial charge in [-0.15, -0.1) is 0 Å². The highest BCUT2D eigenvalue weighted by Gasteiger charge is 2.50. The predicted molar refractivity (Wildman–Crippen MR) is 79.0 cm³/mol. The van der Waals surface area contributed by atoms with Crippen molar-refractivity contribution in [3.05, 3.63) is 23.5 Å². The van der Waals surface area contributed by atoms with Crippen molar-refractivity contribution in [2.24, 2.45) is 22.7 Å². The van der Waals surface area contributed by atoms with Gasteiger partial charge in [0, 0.05) is 17.5 Å². The highest BCUT2D eigenvalue weighted by Crippen LogP contribution is 2.55. The molecule has 1 aliphatic heterocycles. The molecular weight excluding hydrogens is 232 g/mol. The van der Waals surface area contributed by atoms with Gasteiger partial charge in [0.25, 0.3) is 0 Å². The van der Waals surface area contributed by atoms with Crippen molar-refractivity contribution in [2.45, 2.75) is 57.9 Å². The van der Waals surface area contributed by atoms with Crippen LogP contribution in [0.1, 0.15) is 52.4 Å². The first kappa shape index (κ1) is 11.7. The zero-order valence-corrected chi connectivity index (χ0v) is 12.1. The summed E-state index contributed by atoms with van der Waals surface area (Å²) in [7, 11) is 0. The van der Waals surface area contributed by atoms with Gasteiger partial charge in [0.15, 0.2) is 0 Å². The minimum absolute atomic E-state index is 0.411. The van der Waals surface area contributed by atoms with Gasteiger partial charge in [-0.2, -0.15) is 0 Å². The van der Waals surface area contributed by atoms with Crippen molar-refractivity contribution in [2.75, 3.05) is 0 Å². The number of aliphatic imine (C=N–C) groups is 1. The summed E-state index contributed by atoms with van der Waals surface area (Å²) in [6, 6.07) is 0. The molecule has 0 aromatic rings. The number of nitrogens with zero attached hydrogens (tertiary/aromatic N) is 1. The Labute approximate surface area is 116 Å². The molecule has 2 nitrogen and oxygen atoms in total. The number of hydrogen-bond donors (Lipinski definition) is 1. The van der Waals surface area contributed by atoms with Gasteiger partial charge in [0.05, 0.1) is 5.70 Å². The molecule has 0 aromatic carbocycles. The fraction of sp³-hybridized carbons (Fsp3) is 0.706. The standard InChI is InChI=1S/C17H24N2/c1-11-3-12(2)19-16(11)10-18-17-7-13-4-14(8-17)6-15(5-13)9-17/h3,10,13-15,18H,4-9H2,1-2H3/b16-10-. The van der Waals surface area contributed by atoms with Gasteiger partial charge in [-0.05, 0) is 81.8 Å². The summed E-state index contributed by atoms with van der Waals surface area (Å²) in [6.45, 7) is 4.24. The normalized spacial score (nSPS) is 45.6. The van der Waals surface area contributed by atoms with E-state index in [0.717, 1.165) is 29.2 Å². The van der Waals surface area contributed by atoms with Crippen LogP contribution in [0.3, 0.4) is 0 Å². The highest BCUT2D eigenvalue weighted by molar-refractivity contribution is 5.97. The summed E-state index contributed by atoms with van der Waals surface area (Å²) in [6.07, 6.45) is 13.1. The van der Waals surface area contributed by atoms with Crippen molar-refractivity contribution in [3.63, 3.8) is 0 Å². The van der Waals surface area contributed by atoms with E-state index in [1.54, 1.807) is 0 Å². The number of nitrogens with one attached hydrogen (secondary N) is 1. The zero-order chi connectivity index (χ0) is 13.0. The molecule has 19 heavy (non-hydrogen) atoms. The van der Waals surface area contributed by atoms with E-state index in [0.29, 0.717) is 5.54 Å². The summed E-state index contributed by atoms with van der Waals surface area (Å²) >= 11 is 0. The van der Waals surface area contributed by atoms with Gasteiger partial charge < -0.3 is 5.32 Å². The van der Waals surface area contributed by atoms with Crippen LogP contribution in [0.15, 0.2) is 28.5 Å². The van der Waals surface area contributed by atoms with Crippen molar-refractivity contribution in [1.29, 1.82) is 0 Å². The minimum atomic E-state index is 0.411. The Morgan fingerprint density at radius 2 is 1.68 bits per heavy atom. The van der Waals surface area contributed by atoms with Crippen LogP contribution in [-0.4, -0.2) is 11.3 Å². The van der Waals surface area contributed by atoms with Crippen molar-refractivity contribution in [3.8, 4) is 0 Å². The number of rotatable bonds is 2. The monoisotopic (exact) mass is 256 g/mol. The molecule has 4 aliphatic carbocycles. The molecule has 0 aromatic heterocycles. The first-order valence-electron chi connectivity index (χ1n) is 7.84. The van der Waals surface area contributed by atoms with E-state index in [-0.39, 0.29) is 0 Å². The zero-order valence-electron chi connectivity index (χ0n) is 12.1. The Hall–Kier alpha value is -1.05. The molecule has 4 bridgehead atoms. The average molecular weight is 256 g/mol. The summed E-state index contributed by atoms with van der Waals surface area (Å²) in [5, 5.41) is 3.81. The molecule has 0 unspecified atom stereocenters. The summed E-state index contributed by atoms with van der Waals surface area (Å²) in [5.74, 6) is 3.01. The summed E-state index contributed by atoms with van der Waals surface area (Å²) < 4.78 is 0. The second-order valence-corrected chi connectivity index (χ2v) is 7.45. The molecule has 0 spiro atoms. The SMILES string of the molecule is CC1=CC(C)=N/C1=C\NC12CC3CC(CC(C3)C1)C2. The Kier molecular flexibility index (Phi) is 2.46. The van der Waals surface area contributed by atoms with E-state index < -0.39 is 0 Å². The van der Waals surface area contributed by atoms with Gasteiger partial charge in [0.2, 0.25) is 0 Å². The smallest absolute Gasteiger partial charge is 0.0819 e. The van der Waals surface area contributed by atoms with Crippen LogP contribution in [0.5, 0.6) is 0 Å². The van der Waals surface area contributed by atoms with Crippen LogP contribution in [-0.2, 0) is 0 Å². The summed E-state index contributed by atoms with van der Waals surface area (Å²) in [4.78, 5) is 4.61. The lowest BCUT2D eigenvalue weighted by Gasteiger charge is -2.57. The third-order valence-electron chi connectivity index (χ3n) is 5.68. The Morgan fingerprint density at radius 1 is 1.11 bits per heavy atom. The number of allylic oxidation sites excluding steroid dienone is 2. The van der Waals surface area contributed by atoms with Gasteiger partial charge in [-0.3, -0.25) is 4.99 Å². The van der Waals surface area contributed by atoms with E-state index >= 15 is 0 Å². The van der Waals surface area contributed by atoms with E-state index in [9.17, 15) is 0 Å². The molecule has 5 rings (SSSR count). The average Bonchev–Trinajstić information content (AvgIpc) is 2.64. The maximum absolute atomic E-state index is 4.61. The van der Waals surface area contributed by atoms with Crippen LogP contribution < -0.4 is 5.32 Å². The lowest BCUT2D eigenvalue weighted by Crippen LogP contribution is -2.57. The number of hydrogen-bond acceptors (Lipinski definition) is 2. The fourth-order valence-electron chi connectivity index (χ4n) is 5.35. The molecule has 2 heteroatoms. The van der Waals surface area contributed by atoms with Crippen LogP contribution in [0, 0.1) is 17.8 Å². The van der Waals surface area contributed by atoms with Gasteiger partial charge in [-0.1, -0.05) is 0 Å². The quantitative estimate of drug-likeness (QED) is 0.798. The third kappa shape index (κ3) is 1.96. The molecule has 1 N–H and O–H groups in total. The predicted octanol–water partition coefficient (Wildman–Crippen LogP) is 3.81. The van der Waals surface area contributed by atoms with Crippen LogP contribution in [0.2, 0.25) is 0 Å². The lowest BCUT2D eigenvalue weighted by molar-refractivity contribution is -0.0130. The second kappa shape index (κ2) is 3.97. The van der Waals surface area contributed by atoms with Gasteiger partial charge in [-0.25, -0.2) is 0 Å². The molecule has 102 valence electrons. The van der Waals surface area contributed by atoms with E-state index in [1.807, 2.05) is 0 Å². The molecule has 0 saturated heterocycles. The molecule has 1 heterocycles. The maximum Gasteiger partial charge on any atom is 0.0819 e. The van der Waals surface area contributed by atoms with Gasteiger partial charge in [0.1, 0.15) is 0 Å². The maximum atomic E-state index is 4.61. The van der Waals surface area contributed by atoms with Crippen molar-refractivity contribution >= 4 is 5.71 Å². The molecule has 0 atom stereocenters. The Bertz CT molecular complexity index is 460. The molecular formula is C17H24N2. The van der Waals surface area contributed by atoms with Crippen LogP contribution in [0.25, 0.3) is 0 Å². The minimum Gasteiger partial charge on any atom is -0.384 e. The molecule has 5 aliphatic rings. The summed E-state index contributed by atoms with van der Waals surface area (Å²) in [5.41, 5.74) is 3.99. The molecule has 0 radical (unpaired) electrons. The third-order valence-corrected chi connectivity index (χ3v) is 5.68. The van der Waals surface area contributed by atoms with Crippen molar-refractivity contribution in [1.82, 2.24) is 5.32 Å². The largest absolute Gasteiger partial charge is 0.384 e. The van der Waals surface area contributed by atoms with Crippen molar-refractivity contribution < 1.29 is 0 Å². The second-order valence-electron chi connectivity index (χ2n) is 7.45. The van der Waals surface area contributed by atoms with Crippen LogP contribution in [0.4, 0.5) is 0 Å². The Morgan fingerprint density at radius 3 is 2.16 bits per heavy atom. The van der Waals surface area contributed by atoms with E-state index in [2.05, 4.69) is 36.4 Å².